The molecule has 0 N–H and O–H groups in total. The molecule has 9 atom stereocenters. The molecule has 9 unspecified atom stereocenters. The van der Waals surface area contributed by atoms with E-state index in [1.54, 1.807) is 0 Å². The Morgan fingerprint density at radius 3 is 1.41 bits per heavy atom. The van der Waals surface area contributed by atoms with E-state index in [0.717, 1.165) is 27.7 Å². The van der Waals surface area contributed by atoms with Crippen LogP contribution in [0.3, 0.4) is 0 Å². The normalized spacial score (nSPS) is 30.3. The van der Waals surface area contributed by atoms with Gasteiger partial charge in [0.2, 0.25) is 5.79 Å². The molecule has 0 aliphatic carbocycles. The van der Waals surface area contributed by atoms with Gasteiger partial charge in [0, 0.05) is 27.7 Å². The number of carbonyl (C=O) groups is 4. The molecule has 27 heteroatoms. The van der Waals surface area contributed by atoms with Crippen LogP contribution in [0.1, 0.15) is 27.7 Å². The summed E-state index contributed by atoms with van der Waals surface area (Å²) >= 11 is 0. The molecule has 0 saturated carbocycles. The molecule has 2 saturated heterocycles. The van der Waals surface area contributed by atoms with Crippen molar-refractivity contribution in [1.29, 1.82) is 0 Å². The van der Waals surface area contributed by atoms with E-state index in [-0.39, 0.29) is 0 Å². The maximum atomic E-state index is 12.5. The molecule has 296 valence electrons. The Balaban J connectivity index is 2.92. The van der Waals surface area contributed by atoms with E-state index >= 15 is 0 Å². The maximum Gasteiger partial charge on any atom is 0.303 e. The molecule has 2 aliphatic heterocycles. The quantitative estimate of drug-likeness (QED) is 0.0793. The summed E-state index contributed by atoms with van der Waals surface area (Å²) in [5.74, 6) is -7.36. The van der Waals surface area contributed by atoms with Crippen LogP contribution in [0, 0.1) is 0 Å². The van der Waals surface area contributed by atoms with E-state index in [0.29, 0.717) is 25.0 Å². The van der Waals surface area contributed by atoms with Crippen LogP contribution in [-0.2, 0) is 110 Å². The highest BCUT2D eigenvalue weighted by atomic mass is 32.2. The van der Waals surface area contributed by atoms with Gasteiger partial charge in [-0.05, 0) is 0 Å². The van der Waals surface area contributed by atoms with E-state index in [4.69, 9.17) is 49.9 Å². The molecule has 0 aromatic carbocycles. The van der Waals surface area contributed by atoms with Crippen molar-refractivity contribution < 1.29 is 103 Å². The second-order valence-corrected chi connectivity index (χ2v) is 17.6. The Morgan fingerprint density at radius 1 is 0.549 bits per heavy atom. The number of hydrogen-bond donors (Lipinski definition) is 0. The van der Waals surface area contributed by atoms with Gasteiger partial charge in [0.15, 0.2) is 36.8 Å². The van der Waals surface area contributed by atoms with Gasteiger partial charge >= 0.3 is 23.9 Å². The zero-order valence-corrected chi connectivity index (χ0v) is 31.5. The fourth-order valence-electron chi connectivity index (χ4n) is 4.71. The zero-order chi connectivity index (χ0) is 39.3. The monoisotopic (exact) mass is 822 g/mol. The van der Waals surface area contributed by atoms with Crippen molar-refractivity contribution in [2.45, 2.75) is 82.5 Å². The summed E-state index contributed by atoms with van der Waals surface area (Å²) in [6, 6.07) is 0. The number of hydrogen-bond acceptors (Lipinski definition) is 23. The fourth-order valence-corrected chi connectivity index (χ4v) is 6.46. The third kappa shape index (κ3) is 14.7. The van der Waals surface area contributed by atoms with Crippen molar-refractivity contribution in [1.82, 2.24) is 0 Å². The van der Waals surface area contributed by atoms with E-state index < -0.39 is 139 Å². The van der Waals surface area contributed by atoms with Crippen molar-refractivity contribution in [2.75, 3.05) is 44.8 Å². The largest absolute Gasteiger partial charge is 0.456 e. The topological polar surface area (TPSA) is 306 Å². The Hall–Kier alpha value is -2.60. The van der Waals surface area contributed by atoms with E-state index in [9.17, 15) is 52.8 Å². The highest BCUT2D eigenvalue weighted by molar-refractivity contribution is 7.86. The lowest BCUT2D eigenvalue weighted by molar-refractivity contribution is -0.378. The van der Waals surface area contributed by atoms with Crippen molar-refractivity contribution in [2.24, 2.45) is 0 Å². The van der Waals surface area contributed by atoms with Gasteiger partial charge in [0.05, 0.1) is 38.2 Å². The van der Waals surface area contributed by atoms with Crippen LogP contribution in [-0.4, -0.2) is 157 Å². The Labute approximate surface area is 293 Å². The lowest BCUT2D eigenvalue weighted by atomic mass is 9.98. The molecule has 2 fully saturated rings. The summed E-state index contributed by atoms with van der Waals surface area (Å²) in [5, 5.41) is 0. The van der Waals surface area contributed by atoms with E-state index in [1.807, 2.05) is 0 Å². The first kappa shape index (κ1) is 44.6. The van der Waals surface area contributed by atoms with E-state index in [2.05, 4.69) is 0 Å². The molecular weight excluding hydrogens is 785 g/mol. The number of rotatable bonds is 17. The van der Waals surface area contributed by atoms with Gasteiger partial charge in [0.1, 0.15) is 18.8 Å². The van der Waals surface area contributed by atoms with Gasteiger partial charge in [-0.25, -0.2) is 0 Å². The summed E-state index contributed by atoms with van der Waals surface area (Å²) < 4.78 is 155. The Morgan fingerprint density at radius 2 is 0.980 bits per heavy atom. The first-order chi connectivity index (χ1) is 23.0. The molecule has 2 aliphatic rings. The van der Waals surface area contributed by atoms with Crippen molar-refractivity contribution >= 4 is 64.3 Å². The predicted octanol–water partition coefficient (Wildman–Crippen LogP) is -3.18. The maximum absolute atomic E-state index is 12.5. The molecule has 0 aromatic heterocycles. The minimum Gasteiger partial charge on any atom is -0.456 e. The summed E-state index contributed by atoms with van der Waals surface area (Å²) in [5.41, 5.74) is 0. The summed E-state index contributed by atoms with van der Waals surface area (Å²) in [6.45, 7) is 0.0978. The molecule has 0 aromatic rings. The molecule has 0 spiro atoms. The number of ether oxygens (including phenoxy) is 7. The van der Waals surface area contributed by atoms with E-state index in [1.165, 1.54) is 0 Å². The third-order valence-corrected chi connectivity index (χ3v) is 8.45. The number of carbonyl (C=O) groups excluding carboxylic acids is 4. The second-order valence-electron chi connectivity index (χ2n) is 11.1. The molecular formula is C24H38O23S4. The van der Waals surface area contributed by atoms with Crippen LogP contribution in [0.25, 0.3) is 0 Å². The summed E-state index contributed by atoms with van der Waals surface area (Å²) in [7, 11) is -17.7. The van der Waals surface area contributed by atoms with Crippen LogP contribution in [0.15, 0.2) is 0 Å². The van der Waals surface area contributed by atoms with Gasteiger partial charge in [-0.15, -0.1) is 0 Å². The standard InChI is InChI=1S/C24H38O23S4/c1-12(25)40-18-16(9-37-48(5,29)30)44-23(21(47-51(8,35)36)20(18)42-14(3)27)46-24(11-39-50(7,33)34)22(43-15(4)28)19(41-13(2)26)17(45-24)10-38-49(6,31)32/h16-23H,9-11H2,1-8H3. The summed E-state index contributed by atoms with van der Waals surface area (Å²) in [6.07, 6.45) is -13.8. The van der Waals surface area contributed by atoms with Crippen LogP contribution in [0.5, 0.6) is 0 Å². The molecule has 2 rings (SSSR count). The molecule has 0 bridgehead atoms. The molecule has 51 heavy (non-hydrogen) atoms. The average molecular weight is 823 g/mol. The predicted molar refractivity (Wildman–Crippen MR) is 162 cm³/mol. The Kier molecular flexibility index (Phi) is 14.9. The van der Waals surface area contributed by atoms with Gasteiger partial charge in [-0.3, -0.25) is 35.9 Å². The molecule has 0 radical (unpaired) electrons. The third-order valence-electron chi connectivity index (χ3n) is 6.21. The number of esters is 4. The molecule has 2 heterocycles. The van der Waals surface area contributed by atoms with Crippen LogP contribution in [0.4, 0.5) is 0 Å². The first-order valence-electron chi connectivity index (χ1n) is 14.1. The first-order valence-corrected chi connectivity index (χ1v) is 21.4. The lowest BCUT2D eigenvalue weighted by Crippen LogP contribution is -2.65. The van der Waals surface area contributed by atoms with Gasteiger partial charge in [-0.1, -0.05) is 0 Å². The summed E-state index contributed by atoms with van der Waals surface area (Å²) in [4.78, 5) is 48.9. The minimum absolute atomic E-state index is 0.528. The van der Waals surface area contributed by atoms with Crippen LogP contribution >= 0.6 is 0 Å². The zero-order valence-electron chi connectivity index (χ0n) is 28.3. The van der Waals surface area contributed by atoms with Crippen molar-refractivity contribution in [3.8, 4) is 0 Å². The average Bonchev–Trinajstić information content (AvgIpc) is 3.17. The second kappa shape index (κ2) is 17.0. The lowest BCUT2D eigenvalue weighted by Gasteiger charge is -2.46. The van der Waals surface area contributed by atoms with Gasteiger partial charge < -0.3 is 33.2 Å². The van der Waals surface area contributed by atoms with Crippen LogP contribution in [0.2, 0.25) is 0 Å². The van der Waals surface area contributed by atoms with Crippen LogP contribution < -0.4 is 0 Å². The van der Waals surface area contributed by atoms with Gasteiger partial charge in [0.25, 0.3) is 40.5 Å². The Bertz CT molecular complexity index is 1740. The molecule has 0 amide bonds. The van der Waals surface area contributed by atoms with Gasteiger partial charge in [-0.2, -0.15) is 33.7 Å². The highest BCUT2D eigenvalue weighted by Gasteiger charge is 2.64. The SMILES string of the molecule is CC(=O)OC1C(COS(C)(=O)=O)OC(OC2(COS(C)(=O)=O)OC(COS(C)(=O)=O)C(OC(C)=O)C2OC(C)=O)C(OS(C)(=O)=O)C1OC(C)=O. The molecule has 23 nitrogen and oxygen atoms in total. The smallest absolute Gasteiger partial charge is 0.303 e. The fraction of sp³-hybridized carbons (Fsp3) is 0.833. The van der Waals surface area contributed by atoms with Crippen molar-refractivity contribution in [3.05, 3.63) is 0 Å². The van der Waals surface area contributed by atoms with Crippen molar-refractivity contribution in [3.63, 3.8) is 0 Å². The highest BCUT2D eigenvalue weighted by Crippen LogP contribution is 2.42. The minimum atomic E-state index is -4.64.